The summed E-state index contributed by atoms with van der Waals surface area (Å²) >= 11 is 0. The number of hydrogen-bond donors (Lipinski definition) is 1. The minimum Gasteiger partial charge on any atom is -0.348 e. The number of aromatic amines is 1. The van der Waals surface area contributed by atoms with Gasteiger partial charge < -0.3 is 4.98 Å². The van der Waals surface area contributed by atoms with Crippen molar-refractivity contribution in [3.8, 4) is 0 Å². The van der Waals surface area contributed by atoms with Crippen LogP contribution in [0.15, 0.2) is 12.4 Å². The lowest BCUT2D eigenvalue weighted by atomic mass is 9.88. The number of rotatable bonds is 1. The van der Waals surface area contributed by atoms with Gasteiger partial charge in [0.15, 0.2) is 0 Å². The van der Waals surface area contributed by atoms with E-state index in [1.807, 2.05) is 12.4 Å². The summed E-state index contributed by atoms with van der Waals surface area (Å²) in [4.78, 5) is 7.61. The molecule has 2 heteroatoms. The van der Waals surface area contributed by atoms with E-state index in [1.54, 1.807) is 0 Å². The van der Waals surface area contributed by atoms with E-state index in [4.69, 9.17) is 0 Å². The van der Waals surface area contributed by atoms with Gasteiger partial charge >= 0.3 is 0 Å². The lowest BCUT2D eigenvalue weighted by Crippen LogP contribution is -2.09. The van der Waals surface area contributed by atoms with Crippen molar-refractivity contribution < 1.29 is 0 Å². The Balaban J connectivity index is 1.87. The maximum absolute atomic E-state index is 4.36. The molecule has 2 fully saturated rings. The molecule has 0 radical (unpaired) electrons. The largest absolute Gasteiger partial charge is 0.348 e. The molecular formula is C10H14N2. The van der Waals surface area contributed by atoms with Crippen LogP contribution in [0.25, 0.3) is 0 Å². The molecule has 2 aliphatic carbocycles. The quantitative estimate of drug-likeness (QED) is 0.674. The number of aromatic nitrogens is 2. The molecule has 64 valence electrons. The van der Waals surface area contributed by atoms with Crippen molar-refractivity contribution in [1.82, 2.24) is 9.97 Å². The first-order valence-electron chi connectivity index (χ1n) is 4.93. The SMILES string of the molecule is c1c[nH]c(C2CC3CCC2C3)n1. The predicted octanol–water partition coefficient (Wildman–Crippen LogP) is 2.31. The Morgan fingerprint density at radius 3 is 2.92 bits per heavy atom. The Morgan fingerprint density at radius 2 is 2.33 bits per heavy atom. The number of imidazole rings is 1. The van der Waals surface area contributed by atoms with Gasteiger partial charge in [-0.05, 0) is 31.1 Å². The molecule has 0 aliphatic heterocycles. The Hall–Kier alpha value is -0.790. The van der Waals surface area contributed by atoms with Crippen LogP contribution in [-0.2, 0) is 0 Å². The highest BCUT2D eigenvalue weighted by Gasteiger charge is 2.41. The number of nitrogens with one attached hydrogen (secondary N) is 1. The van der Waals surface area contributed by atoms with E-state index in [9.17, 15) is 0 Å². The Bertz CT molecular complexity index is 265. The van der Waals surface area contributed by atoms with Crippen LogP contribution >= 0.6 is 0 Å². The highest BCUT2D eigenvalue weighted by Crippen LogP contribution is 2.51. The summed E-state index contributed by atoms with van der Waals surface area (Å²) in [5.41, 5.74) is 0. The summed E-state index contributed by atoms with van der Waals surface area (Å²) in [7, 11) is 0. The zero-order valence-corrected chi connectivity index (χ0v) is 7.16. The van der Waals surface area contributed by atoms with Gasteiger partial charge in [-0.25, -0.2) is 4.98 Å². The van der Waals surface area contributed by atoms with Crippen LogP contribution in [-0.4, -0.2) is 9.97 Å². The average Bonchev–Trinajstić information content (AvgIpc) is 2.81. The molecule has 3 unspecified atom stereocenters. The minimum atomic E-state index is 0.763. The Morgan fingerprint density at radius 1 is 1.33 bits per heavy atom. The molecule has 0 spiro atoms. The van der Waals surface area contributed by atoms with Crippen LogP contribution in [0.2, 0.25) is 0 Å². The molecule has 1 N–H and O–H groups in total. The Kier molecular flexibility index (Phi) is 1.31. The molecule has 0 aromatic carbocycles. The standard InChI is InChI=1S/C10H14N2/c1-2-8-5-7(1)6-9(8)10-11-3-4-12-10/h3-4,7-9H,1-2,5-6H2,(H,11,12). The highest BCUT2D eigenvalue weighted by molar-refractivity contribution is 5.06. The van der Waals surface area contributed by atoms with Gasteiger partial charge in [-0.1, -0.05) is 6.42 Å². The van der Waals surface area contributed by atoms with E-state index >= 15 is 0 Å². The Labute approximate surface area is 72.4 Å². The summed E-state index contributed by atoms with van der Waals surface area (Å²) < 4.78 is 0. The second kappa shape index (κ2) is 2.35. The molecule has 12 heavy (non-hydrogen) atoms. The molecule has 0 amide bonds. The molecule has 1 aromatic heterocycles. The summed E-state index contributed by atoms with van der Waals surface area (Å²) in [5, 5.41) is 0. The number of nitrogens with zero attached hydrogens (tertiary/aromatic N) is 1. The van der Waals surface area contributed by atoms with Crippen molar-refractivity contribution in [2.75, 3.05) is 0 Å². The highest BCUT2D eigenvalue weighted by atomic mass is 14.9. The fourth-order valence-electron chi connectivity index (χ4n) is 3.06. The van der Waals surface area contributed by atoms with Crippen LogP contribution in [0.1, 0.15) is 37.4 Å². The van der Waals surface area contributed by atoms with Crippen LogP contribution in [0.3, 0.4) is 0 Å². The van der Waals surface area contributed by atoms with Gasteiger partial charge in [0.05, 0.1) is 0 Å². The minimum absolute atomic E-state index is 0.763. The summed E-state index contributed by atoms with van der Waals surface area (Å²) in [6, 6.07) is 0. The fraction of sp³-hybridized carbons (Fsp3) is 0.700. The molecule has 2 aliphatic rings. The van der Waals surface area contributed by atoms with E-state index in [2.05, 4.69) is 9.97 Å². The third-order valence-corrected chi connectivity index (χ3v) is 3.61. The smallest absolute Gasteiger partial charge is 0.109 e. The van der Waals surface area contributed by atoms with Crippen LogP contribution in [0, 0.1) is 11.8 Å². The van der Waals surface area contributed by atoms with Gasteiger partial charge in [-0.2, -0.15) is 0 Å². The number of fused-ring (bicyclic) bond motifs is 2. The molecule has 1 aromatic rings. The van der Waals surface area contributed by atoms with Crippen molar-refractivity contribution in [3.63, 3.8) is 0 Å². The molecule has 0 saturated heterocycles. The van der Waals surface area contributed by atoms with Crippen molar-refractivity contribution in [3.05, 3.63) is 18.2 Å². The molecule has 2 bridgehead atoms. The maximum atomic E-state index is 4.36. The normalized spacial score (nSPS) is 39.2. The molecule has 1 heterocycles. The van der Waals surface area contributed by atoms with Crippen molar-refractivity contribution in [1.29, 1.82) is 0 Å². The second-order valence-corrected chi connectivity index (χ2v) is 4.26. The van der Waals surface area contributed by atoms with Gasteiger partial charge in [0.2, 0.25) is 0 Å². The summed E-state index contributed by atoms with van der Waals surface area (Å²) in [6.45, 7) is 0. The topological polar surface area (TPSA) is 28.7 Å². The first-order valence-corrected chi connectivity index (χ1v) is 4.93. The number of hydrogen-bond acceptors (Lipinski definition) is 1. The molecule has 3 rings (SSSR count). The predicted molar refractivity (Wildman–Crippen MR) is 46.8 cm³/mol. The van der Waals surface area contributed by atoms with Gasteiger partial charge in [0.1, 0.15) is 5.82 Å². The van der Waals surface area contributed by atoms with E-state index in [-0.39, 0.29) is 0 Å². The van der Waals surface area contributed by atoms with Gasteiger partial charge in [-0.3, -0.25) is 0 Å². The third-order valence-electron chi connectivity index (χ3n) is 3.61. The van der Waals surface area contributed by atoms with Crippen molar-refractivity contribution in [2.24, 2.45) is 11.8 Å². The van der Waals surface area contributed by atoms with Crippen molar-refractivity contribution in [2.45, 2.75) is 31.6 Å². The summed E-state index contributed by atoms with van der Waals surface area (Å²) in [6.07, 6.45) is 9.59. The zero-order chi connectivity index (χ0) is 7.97. The van der Waals surface area contributed by atoms with Gasteiger partial charge in [-0.15, -0.1) is 0 Å². The fourth-order valence-corrected chi connectivity index (χ4v) is 3.06. The van der Waals surface area contributed by atoms with E-state index in [1.165, 1.54) is 31.5 Å². The second-order valence-electron chi connectivity index (χ2n) is 4.26. The maximum Gasteiger partial charge on any atom is 0.109 e. The van der Waals surface area contributed by atoms with Gasteiger partial charge in [0.25, 0.3) is 0 Å². The van der Waals surface area contributed by atoms with Crippen LogP contribution < -0.4 is 0 Å². The van der Waals surface area contributed by atoms with Crippen LogP contribution in [0.4, 0.5) is 0 Å². The third kappa shape index (κ3) is 0.838. The average molecular weight is 162 g/mol. The lowest BCUT2D eigenvalue weighted by Gasteiger charge is -2.18. The van der Waals surface area contributed by atoms with E-state index in [0.717, 1.165) is 17.8 Å². The van der Waals surface area contributed by atoms with Gasteiger partial charge in [0, 0.05) is 18.3 Å². The van der Waals surface area contributed by atoms with E-state index in [0.29, 0.717) is 0 Å². The monoisotopic (exact) mass is 162 g/mol. The first kappa shape index (κ1) is 6.70. The number of H-pyrrole nitrogens is 1. The molecule has 2 saturated carbocycles. The zero-order valence-electron chi connectivity index (χ0n) is 7.16. The first-order chi connectivity index (χ1) is 5.93. The lowest BCUT2D eigenvalue weighted by molar-refractivity contribution is 0.407. The summed E-state index contributed by atoms with van der Waals surface area (Å²) in [5.74, 6) is 3.96. The molecule has 3 atom stereocenters. The van der Waals surface area contributed by atoms with E-state index < -0.39 is 0 Å². The van der Waals surface area contributed by atoms with Crippen molar-refractivity contribution >= 4 is 0 Å². The molecular weight excluding hydrogens is 148 g/mol. The molecule has 2 nitrogen and oxygen atoms in total. The van der Waals surface area contributed by atoms with Crippen LogP contribution in [0.5, 0.6) is 0 Å².